The summed E-state index contributed by atoms with van der Waals surface area (Å²) in [4.78, 5) is 78.2. The van der Waals surface area contributed by atoms with E-state index in [2.05, 4.69) is 26.9 Å². The van der Waals surface area contributed by atoms with E-state index in [-0.39, 0.29) is 71.4 Å². The summed E-state index contributed by atoms with van der Waals surface area (Å²) >= 11 is 0. The molecular formula is C53H59FN10O7. The smallest absolute Gasteiger partial charge is 0.409 e. The predicted molar refractivity (Wildman–Crippen MR) is 263 cm³/mol. The number of hydrogen-bond acceptors (Lipinski definition) is 14. The van der Waals surface area contributed by atoms with Crippen molar-refractivity contribution in [2.24, 2.45) is 0 Å². The van der Waals surface area contributed by atoms with Crippen LogP contribution in [0, 0.1) is 5.82 Å². The molecule has 0 spiro atoms. The lowest BCUT2D eigenvalue weighted by Gasteiger charge is -2.37. The van der Waals surface area contributed by atoms with Gasteiger partial charge in [0.2, 0.25) is 5.91 Å². The van der Waals surface area contributed by atoms with Gasteiger partial charge in [-0.1, -0.05) is 31.2 Å². The van der Waals surface area contributed by atoms with Crippen molar-refractivity contribution in [2.45, 2.75) is 101 Å². The lowest BCUT2D eigenvalue weighted by molar-refractivity contribution is -0.150. The van der Waals surface area contributed by atoms with Crippen LogP contribution in [0.3, 0.4) is 0 Å². The Morgan fingerprint density at radius 1 is 0.930 bits per heavy atom. The van der Waals surface area contributed by atoms with Crippen LogP contribution >= 0.6 is 0 Å². The van der Waals surface area contributed by atoms with Gasteiger partial charge in [0.05, 0.1) is 10.9 Å². The number of carbonyl (C=O) groups excluding carboxylic acids is 4. The Balaban J connectivity index is 0.726. The second kappa shape index (κ2) is 17.9. The van der Waals surface area contributed by atoms with Crippen molar-refractivity contribution in [1.29, 1.82) is 0 Å². The van der Waals surface area contributed by atoms with Gasteiger partial charge in [0.1, 0.15) is 42.0 Å². The Hall–Kier alpha value is -6.66. The third kappa shape index (κ3) is 7.84. The van der Waals surface area contributed by atoms with Crippen molar-refractivity contribution < 1.29 is 38.1 Å². The number of carbonyl (C=O) groups is 4. The number of benzene rings is 3. The maximum Gasteiger partial charge on any atom is 0.409 e. The molecule has 4 amide bonds. The molecule has 71 heavy (non-hydrogen) atoms. The Labute approximate surface area is 410 Å². The number of piperidine rings is 1. The number of ether oxygens (including phenoxy) is 2. The van der Waals surface area contributed by atoms with E-state index in [0.717, 1.165) is 97.1 Å². The number of halogens is 1. The maximum absolute atomic E-state index is 17.3. The van der Waals surface area contributed by atoms with Gasteiger partial charge >= 0.3 is 12.1 Å². The second-order valence-electron chi connectivity index (χ2n) is 20.6. The molecule has 2 N–H and O–H groups in total. The minimum Gasteiger partial charge on any atom is -0.508 e. The molecule has 2 bridgehead atoms. The first-order valence-electron chi connectivity index (χ1n) is 25.4. The van der Waals surface area contributed by atoms with Gasteiger partial charge in [-0.2, -0.15) is 9.97 Å². The molecule has 5 aromatic rings. The third-order valence-electron chi connectivity index (χ3n) is 16.6. The third-order valence-corrected chi connectivity index (χ3v) is 16.6. The van der Waals surface area contributed by atoms with Crippen molar-refractivity contribution in [3.63, 3.8) is 0 Å². The monoisotopic (exact) mass is 966 g/mol. The minimum absolute atomic E-state index is 0.00768. The molecule has 17 nitrogen and oxygen atoms in total. The topological polar surface area (TPSA) is 177 Å². The van der Waals surface area contributed by atoms with E-state index in [4.69, 9.17) is 24.4 Å². The number of rotatable bonds is 10. The molecule has 0 aliphatic carbocycles. The van der Waals surface area contributed by atoms with Crippen molar-refractivity contribution in [2.75, 3.05) is 75.9 Å². The number of amides is 4. The average Bonchev–Trinajstić information content (AvgIpc) is 4.15. The van der Waals surface area contributed by atoms with E-state index >= 15 is 4.39 Å². The second-order valence-corrected chi connectivity index (χ2v) is 20.6. The van der Waals surface area contributed by atoms with Gasteiger partial charge in [0.15, 0.2) is 5.82 Å². The van der Waals surface area contributed by atoms with Crippen LogP contribution in [0.5, 0.6) is 11.8 Å². The summed E-state index contributed by atoms with van der Waals surface area (Å²) in [6.07, 6.45) is 8.22. The molecule has 2 aromatic heterocycles. The van der Waals surface area contributed by atoms with Gasteiger partial charge in [-0.05, 0) is 98.5 Å². The first-order chi connectivity index (χ1) is 34.5. The molecule has 6 fully saturated rings. The molecule has 0 radical (unpaired) electrons. The van der Waals surface area contributed by atoms with Gasteiger partial charge in [0, 0.05) is 106 Å². The van der Waals surface area contributed by atoms with Crippen LogP contribution in [0.4, 0.5) is 20.7 Å². The summed E-state index contributed by atoms with van der Waals surface area (Å²) in [5.41, 5.74) is 3.79. The van der Waals surface area contributed by atoms with Crippen LogP contribution in [-0.2, 0) is 27.3 Å². The highest BCUT2D eigenvalue weighted by Gasteiger charge is 2.50. The van der Waals surface area contributed by atoms with Crippen LogP contribution in [0.2, 0.25) is 0 Å². The summed E-state index contributed by atoms with van der Waals surface area (Å²) in [5.74, 6) is -0.748. The van der Waals surface area contributed by atoms with Crippen LogP contribution < -0.4 is 19.9 Å². The molecule has 6 saturated heterocycles. The first kappa shape index (κ1) is 45.5. The molecule has 7 aliphatic heterocycles. The summed E-state index contributed by atoms with van der Waals surface area (Å²) in [6.45, 7) is 7.18. The quantitative estimate of drug-likeness (QED) is 0.165. The van der Waals surface area contributed by atoms with E-state index < -0.39 is 11.9 Å². The summed E-state index contributed by atoms with van der Waals surface area (Å²) in [6, 6.07) is 14.8. The number of aryl methyl sites for hydroxylation is 1. The fourth-order valence-corrected chi connectivity index (χ4v) is 12.9. The number of nitrogens with one attached hydrogen (secondary N) is 1. The molecule has 370 valence electrons. The van der Waals surface area contributed by atoms with Crippen LogP contribution in [0.25, 0.3) is 32.9 Å². The average molecular weight is 967 g/mol. The zero-order valence-electron chi connectivity index (χ0n) is 40.2. The van der Waals surface area contributed by atoms with Crippen LogP contribution in [0.15, 0.2) is 54.7 Å². The zero-order chi connectivity index (χ0) is 48.7. The summed E-state index contributed by atoms with van der Waals surface area (Å²) in [7, 11) is 1.47. The molecule has 0 saturated carbocycles. The number of hydrogen-bond donors (Lipinski definition) is 2. The highest BCUT2D eigenvalue weighted by Crippen LogP contribution is 2.44. The number of imide groups is 1. The van der Waals surface area contributed by atoms with Crippen molar-refractivity contribution in [1.82, 2.24) is 39.9 Å². The molecule has 9 heterocycles. The highest BCUT2D eigenvalue weighted by molar-refractivity contribution is 6.06. The Morgan fingerprint density at radius 2 is 1.73 bits per heavy atom. The van der Waals surface area contributed by atoms with Gasteiger partial charge in [0.25, 0.3) is 11.8 Å². The zero-order valence-corrected chi connectivity index (χ0v) is 40.2. The van der Waals surface area contributed by atoms with Crippen LogP contribution in [-0.4, -0.2) is 159 Å². The molecule has 7 aliphatic rings. The van der Waals surface area contributed by atoms with Crippen molar-refractivity contribution in [3.8, 4) is 23.0 Å². The van der Waals surface area contributed by atoms with E-state index in [1.54, 1.807) is 34.2 Å². The lowest BCUT2D eigenvalue weighted by Crippen LogP contribution is -2.53. The largest absolute Gasteiger partial charge is 0.508 e. The number of likely N-dealkylation sites (N-methyl/N-ethyl adjacent to an activating group) is 1. The Bertz CT molecular complexity index is 2990. The van der Waals surface area contributed by atoms with Gasteiger partial charge in [-0.25, -0.2) is 9.18 Å². The van der Waals surface area contributed by atoms with E-state index in [1.165, 1.54) is 7.05 Å². The number of aromatic nitrogens is 3. The number of phenolic OH excluding ortho intramolecular Hbond substituents is 1. The number of anilines is 2. The van der Waals surface area contributed by atoms with Gasteiger partial charge < -0.3 is 39.5 Å². The number of likely N-dealkylation sites (tertiary alicyclic amines) is 1. The number of pyridine rings is 1. The van der Waals surface area contributed by atoms with E-state index in [1.807, 2.05) is 30.3 Å². The lowest BCUT2D eigenvalue weighted by atomic mass is 9.95. The Kier molecular flexibility index (Phi) is 11.5. The van der Waals surface area contributed by atoms with E-state index in [0.29, 0.717) is 80.2 Å². The van der Waals surface area contributed by atoms with Crippen LogP contribution in [0.1, 0.15) is 79.8 Å². The summed E-state index contributed by atoms with van der Waals surface area (Å²) < 4.78 is 30.0. The van der Waals surface area contributed by atoms with Crippen molar-refractivity contribution >= 4 is 57.0 Å². The number of fused-ring (bicyclic) bond motifs is 6. The fraction of sp³-hybridized carbons (Fsp3) is 0.491. The first-order valence-corrected chi connectivity index (χ1v) is 25.4. The molecule has 5 atom stereocenters. The predicted octanol–water partition coefficient (Wildman–Crippen LogP) is 5.63. The Morgan fingerprint density at radius 3 is 2.54 bits per heavy atom. The summed E-state index contributed by atoms with van der Waals surface area (Å²) in [5, 5.41) is 16.6. The van der Waals surface area contributed by atoms with Gasteiger partial charge in [-0.3, -0.25) is 29.2 Å². The molecular weight excluding hydrogens is 908 g/mol. The standard InChI is InChI=1S/C53H59FN10O7/c1-3-31-7-4-8-32-23-36(65)24-38(44(31)32)46-45(54)47-39(25-55-46)48(62-26-33-11-12-34(27-62)56-33)58-51(57-47)71-30-53-16-6-18-64(53)35(15-17-53)29-70-52(69)61-21-19-60(20-22-61)41-10-5-9-37-40(41)28-63(49(37)67)42-13-14-43(66)59(2)50(42)68/h4-5,7-10,23-25,33-35,42,56,65H,3,6,11-22,26-30H2,1-2H3/t33?,34?,35-,42?,53-/m0/s1. The highest BCUT2D eigenvalue weighted by atomic mass is 19.1. The number of phenols is 1. The molecule has 3 aromatic carbocycles. The number of nitrogens with zero attached hydrogens (tertiary/aromatic N) is 9. The fourth-order valence-electron chi connectivity index (χ4n) is 12.9. The van der Waals surface area contributed by atoms with Crippen molar-refractivity contribution in [3.05, 3.63) is 77.2 Å². The van der Waals surface area contributed by atoms with Gasteiger partial charge in [-0.15, -0.1) is 0 Å². The van der Waals surface area contributed by atoms with E-state index in [9.17, 15) is 24.3 Å². The number of piperazine rings is 2. The molecule has 3 unspecified atom stereocenters. The SMILES string of the molecule is CCc1cccc2cc(O)cc(-c3ncc4c(N5CC6CCC(C5)N6)nc(OC[C@@]56CCCN5[C@H](COC(=O)N5CCN(c7cccc8c7CN(C7CCC(=O)N(C)C7=O)C8=O)CC5)CC6)nc4c3F)c12. The maximum atomic E-state index is 17.3. The normalized spacial score (nSPS) is 25.5. The minimum atomic E-state index is -0.674. The molecule has 12 rings (SSSR count). The number of aromatic hydroxyl groups is 1. The molecule has 18 heteroatoms.